The zero-order valence-electron chi connectivity index (χ0n) is 13.6. The van der Waals surface area contributed by atoms with Gasteiger partial charge in [-0.3, -0.25) is 4.79 Å². The molecule has 128 valence electrons. The average molecular weight is 337 g/mol. The summed E-state index contributed by atoms with van der Waals surface area (Å²) < 4.78 is 2.25. The molecule has 0 unspecified atom stereocenters. The standard InChI is InChI=1S/C18H19N5O2/c19-17-13-14(21-23(17)15-8-2-1-3-9-15)7-6-11-20-18(24)16-10-4-5-12-22(16)25/h1-5,8-10,12-13H,6-7,11,19H2,(H,20,24). The Morgan fingerprint density at radius 1 is 1.20 bits per heavy atom. The number of rotatable bonds is 6. The highest BCUT2D eigenvalue weighted by atomic mass is 16.5. The highest BCUT2D eigenvalue weighted by Crippen LogP contribution is 2.14. The number of amides is 1. The number of nitrogens with two attached hydrogens (primary N) is 1. The highest BCUT2D eigenvalue weighted by Gasteiger charge is 2.14. The predicted molar refractivity (Wildman–Crippen MR) is 94.0 cm³/mol. The van der Waals surface area contributed by atoms with Crippen molar-refractivity contribution in [1.82, 2.24) is 15.1 Å². The molecule has 0 aliphatic carbocycles. The molecule has 0 aliphatic heterocycles. The van der Waals surface area contributed by atoms with Crippen molar-refractivity contribution in [2.24, 2.45) is 0 Å². The molecular formula is C18H19N5O2. The average Bonchev–Trinajstić information content (AvgIpc) is 3.00. The lowest BCUT2D eigenvalue weighted by molar-refractivity contribution is -0.607. The molecule has 0 spiro atoms. The van der Waals surface area contributed by atoms with Gasteiger partial charge in [0.05, 0.1) is 11.4 Å². The first kappa shape index (κ1) is 16.5. The quantitative estimate of drug-likeness (QED) is 0.404. The second-order valence-electron chi connectivity index (χ2n) is 5.58. The van der Waals surface area contributed by atoms with Gasteiger partial charge in [0.15, 0.2) is 6.20 Å². The van der Waals surface area contributed by atoms with Gasteiger partial charge >= 0.3 is 5.91 Å². The fraction of sp³-hybridized carbons (Fsp3) is 0.167. The van der Waals surface area contributed by atoms with Gasteiger partial charge in [-0.15, -0.1) is 0 Å². The monoisotopic (exact) mass is 337 g/mol. The van der Waals surface area contributed by atoms with E-state index in [1.54, 1.807) is 16.8 Å². The molecule has 3 rings (SSSR count). The number of nitrogens with one attached hydrogen (secondary N) is 1. The molecule has 0 fully saturated rings. The first-order valence-electron chi connectivity index (χ1n) is 8.01. The van der Waals surface area contributed by atoms with Crippen molar-refractivity contribution in [3.05, 3.63) is 77.4 Å². The number of benzene rings is 1. The Kier molecular flexibility index (Phi) is 4.94. The normalized spacial score (nSPS) is 10.6. The third-order valence-electron chi connectivity index (χ3n) is 3.74. The summed E-state index contributed by atoms with van der Waals surface area (Å²) in [4.78, 5) is 11.9. The first-order chi connectivity index (χ1) is 12.1. The van der Waals surface area contributed by atoms with Crippen molar-refractivity contribution < 1.29 is 9.52 Å². The zero-order valence-corrected chi connectivity index (χ0v) is 13.6. The van der Waals surface area contributed by atoms with E-state index in [9.17, 15) is 10.0 Å². The molecule has 3 N–H and O–H groups in total. The minimum Gasteiger partial charge on any atom is -0.618 e. The van der Waals surface area contributed by atoms with E-state index in [-0.39, 0.29) is 11.6 Å². The van der Waals surface area contributed by atoms with E-state index in [2.05, 4.69) is 10.4 Å². The van der Waals surface area contributed by atoms with Crippen LogP contribution in [0.5, 0.6) is 0 Å². The maximum Gasteiger partial charge on any atom is 0.317 e. The van der Waals surface area contributed by atoms with Gasteiger partial charge in [-0.1, -0.05) is 18.2 Å². The van der Waals surface area contributed by atoms with Crippen LogP contribution in [0.4, 0.5) is 5.82 Å². The van der Waals surface area contributed by atoms with Gasteiger partial charge in [-0.25, -0.2) is 4.68 Å². The van der Waals surface area contributed by atoms with Crippen LogP contribution < -0.4 is 15.8 Å². The second kappa shape index (κ2) is 7.48. The van der Waals surface area contributed by atoms with E-state index in [1.807, 2.05) is 36.4 Å². The number of aryl methyl sites for hydroxylation is 1. The van der Waals surface area contributed by atoms with Crippen molar-refractivity contribution in [2.75, 3.05) is 12.3 Å². The lowest BCUT2D eigenvalue weighted by atomic mass is 10.2. The molecule has 3 aromatic rings. The molecule has 0 saturated carbocycles. The fourth-order valence-corrected chi connectivity index (χ4v) is 2.51. The van der Waals surface area contributed by atoms with Crippen molar-refractivity contribution in [3.8, 4) is 5.69 Å². The minimum absolute atomic E-state index is 0.0834. The molecule has 2 aromatic heterocycles. The van der Waals surface area contributed by atoms with E-state index >= 15 is 0 Å². The lowest BCUT2D eigenvalue weighted by Crippen LogP contribution is -2.39. The Morgan fingerprint density at radius 3 is 2.72 bits per heavy atom. The molecule has 25 heavy (non-hydrogen) atoms. The summed E-state index contributed by atoms with van der Waals surface area (Å²) in [5, 5.41) is 18.8. The van der Waals surface area contributed by atoms with Crippen molar-refractivity contribution in [1.29, 1.82) is 0 Å². The SMILES string of the molecule is Nc1cc(CCCNC(=O)c2cccc[n+]2[O-])nn1-c1ccccc1. The van der Waals surface area contributed by atoms with Crippen LogP contribution in [0.2, 0.25) is 0 Å². The lowest BCUT2D eigenvalue weighted by Gasteiger charge is -2.05. The molecule has 1 amide bonds. The third-order valence-corrected chi connectivity index (χ3v) is 3.74. The van der Waals surface area contributed by atoms with Gasteiger partial charge in [-0.2, -0.15) is 9.83 Å². The van der Waals surface area contributed by atoms with Gasteiger partial charge < -0.3 is 16.3 Å². The molecule has 0 bridgehead atoms. The summed E-state index contributed by atoms with van der Waals surface area (Å²) in [5.74, 6) is 0.187. The maximum absolute atomic E-state index is 11.9. The number of nitrogen functional groups attached to an aromatic ring is 1. The van der Waals surface area contributed by atoms with Crippen LogP contribution in [0.15, 0.2) is 60.8 Å². The largest absolute Gasteiger partial charge is 0.618 e. The number of pyridine rings is 1. The summed E-state index contributed by atoms with van der Waals surface area (Å²) in [7, 11) is 0. The van der Waals surface area contributed by atoms with Crippen LogP contribution in [-0.4, -0.2) is 22.2 Å². The molecule has 1 aromatic carbocycles. The molecular weight excluding hydrogens is 318 g/mol. The number of anilines is 1. The number of para-hydroxylation sites is 1. The number of hydrogen-bond donors (Lipinski definition) is 2. The van der Waals surface area contributed by atoms with E-state index < -0.39 is 0 Å². The molecule has 7 heteroatoms. The zero-order chi connectivity index (χ0) is 17.6. The van der Waals surface area contributed by atoms with Crippen LogP contribution in [0.25, 0.3) is 5.69 Å². The smallest absolute Gasteiger partial charge is 0.317 e. The summed E-state index contributed by atoms with van der Waals surface area (Å²) in [6.45, 7) is 0.450. The van der Waals surface area contributed by atoms with Gasteiger partial charge in [-0.05, 0) is 31.0 Å². The van der Waals surface area contributed by atoms with Gasteiger partial charge in [0.25, 0.3) is 5.69 Å². The molecule has 7 nitrogen and oxygen atoms in total. The minimum atomic E-state index is -0.384. The number of hydrogen-bond acceptors (Lipinski definition) is 4. The summed E-state index contributed by atoms with van der Waals surface area (Å²) in [6.07, 6.45) is 2.67. The second-order valence-corrected chi connectivity index (χ2v) is 5.58. The molecule has 0 saturated heterocycles. The molecule has 2 heterocycles. The van der Waals surface area contributed by atoms with Crippen molar-refractivity contribution in [2.45, 2.75) is 12.8 Å². The van der Waals surface area contributed by atoms with Gasteiger partial charge in [0, 0.05) is 24.7 Å². The van der Waals surface area contributed by atoms with E-state index in [0.29, 0.717) is 29.9 Å². The van der Waals surface area contributed by atoms with Crippen molar-refractivity contribution >= 4 is 11.7 Å². The van der Waals surface area contributed by atoms with Gasteiger partial charge in [0.1, 0.15) is 5.82 Å². The number of carbonyl (C=O) groups is 1. The van der Waals surface area contributed by atoms with Crippen molar-refractivity contribution in [3.63, 3.8) is 0 Å². The van der Waals surface area contributed by atoms with Gasteiger partial charge in [0.2, 0.25) is 0 Å². The Balaban J connectivity index is 1.53. The summed E-state index contributed by atoms with van der Waals surface area (Å²) in [6, 6.07) is 16.2. The van der Waals surface area contributed by atoms with Crippen LogP contribution in [0.1, 0.15) is 22.6 Å². The Labute approximate surface area is 145 Å². The Morgan fingerprint density at radius 2 is 1.96 bits per heavy atom. The van der Waals surface area contributed by atoms with Crippen LogP contribution >= 0.6 is 0 Å². The number of nitrogens with zero attached hydrogens (tertiary/aromatic N) is 3. The molecule has 0 aliphatic rings. The highest BCUT2D eigenvalue weighted by molar-refractivity contribution is 5.90. The van der Waals surface area contributed by atoms with E-state index in [4.69, 9.17) is 5.73 Å². The molecule has 0 atom stereocenters. The Hall–Kier alpha value is -3.35. The van der Waals surface area contributed by atoms with E-state index in [1.165, 1.54) is 12.3 Å². The molecule has 0 radical (unpaired) electrons. The maximum atomic E-state index is 11.9. The third kappa shape index (κ3) is 3.95. The first-order valence-corrected chi connectivity index (χ1v) is 8.01. The van der Waals surface area contributed by atoms with Crippen LogP contribution in [-0.2, 0) is 6.42 Å². The predicted octanol–water partition coefficient (Wildman–Crippen LogP) is 1.45. The number of aromatic nitrogens is 3. The topological polar surface area (TPSA) is 99.9 Å². The number of carbonyl (C=O) groups excluding carboxylic acids is 1. The van der Waals surface area contributed by atoms with E-state index in [0.717, 1.165) is 11.4 Å². The fourth-order valence-electron chi connectivity index (χ4n) is 2.51. The van der Waals surface area contributed by atoms with Crippen LogP contribution in [0, 0.1) is 5.21 Å². The summed E-state index contributed by atoms with van der Waals surface area (Å²) in [5.41, 5.74) is 7.86. The Bertz CT molecular complexity index is 861. The van der Waals surface area contributed by atoms with Crippen LogP contribution in [0.3, 0.4) is 0 Å². The summed E-state index contributed by atoms with van der Waals surface area (Å²) >= 11 is 0.